The summed E-state index contributed by atoms with van der Waals surface area (Å²) in [5.74, 6) is -0.140. The normalized spacial score (nSPS) is 11.3. The van der Waals surface area contributed by atoms with Crippen molar-refractivity contribution in [2.75, 3.05) is 30.9 Å². The standard InChI is InChI=1S/C32H31FN2O4/c1-38-32(37)30(35-28-14-7-5-12-26(28)31(36)24-10-3-2-4-11-24)22-23-16-18-25(19-17-23)39-21-9-20-34-29-15-8-6-13-27(29)33/h2-8,10-19,30,34-35H,9,20-22H2,1H3. The van der Waals surface area contributed by atoms with E-state index in [1.807, 2.05) is 48.5 Å². The number of ether oxygens (including phenoxy) is 2. The largest absolute Gasteiger partial charge is 0.494 e. The van der Waals surface area contributed by atoms with Crippen molar-refractivity contribution in [2.24, 2.45) is 0 Å². The van der Waals surface area contributed by atoms with Crippen molar-refractivity contribution in [3.63, 3.8) is 0 Å². The quantitative estimate of drug-likeness (QED) is 0.124. The van der Waals surface area contributed by atoms with E-state index in [4.69, 9.17) is 9.47 Å². The second-order valence-electron chi connectivity index (χ2n) is 8.92. The van der Waals surface area contributed by atoms with Crippen LogP contribution in [0.25, 0.3) is 0 Å². The first-order valence-corrected chi connectivity index (χ1v) is 12.8. The molecule has 1 atom stereocenters. The van der Waals surface area contributed by atoms with Crippen LogP contribution in [0.15, 0.2) is 103 Å². The van der Waals surface area contributed by atoms with Crippen LogP contribution < -0.4 is 15.4 Å². The molecule has 6 nitrogen and oxygen atoms in total. The Morgan fingerprint density at radius 1 is 0.821 bits per heavy atom. The van der Waals surface area contributed by atoms with Gasteiger partial charge in [0.15, 0.2) is 5.78 Å². The molecule has 0 fully saturated rings. The van der Waals surface area contributed by atoms with Crippen molar-refractivity contribution in [1.29, 1.82) is 0 Å². The molecule has 0 bridgehead atoms. The number of carbonyl (C=O) groups excluding carboxylic acids is 2. The highest BCUT2D eigenvalue weighted by molar-refractivity contribution is 6.12. The third-order valence-corrected chi connectivity index (χ3v) is 6.17. The van der Waals surface area contributed by atoms with Crippen LogP contribution in [0.4, 0.5) is 15.8 Å². The molecule has 4 rings (SSSR count). The number of hydrogen-bond donors (Lipinski definition) is 2. The van der Waals surface area contributed by atoms with E-state index in [1.54, 1.807) is 48.5 Å². The molecule has 4 aromatic carbocycles. The van der Waals surface area contributed by atoms with E-state index < -0.39 is 12.0 Å². The molecule has 200 valence electrons. The first-order chi connectivity index (χ1) is 19.0. The molecule has 0 saturated heterocycles. The van der Waals surface area contributed by atoms with Gasteiger partial charge in [0.2, 0.25) is 0 Å². The highest BCUT2D eigenvalue weighted by Gasteiger charge is 2.22. The van der Waals surface area contributed by atoms with Crippen LogP contribution in [0.3, 0.4) is 0 Å². The number of halogens is 1. The zero-order chi connectivity index (χ0) is 27.5. The Kier molecular flexibility index (Phi) is 9.67. The third kappa shape index (κ3) is 7.68. The molecular weight excluding hydrogens is 495 g/mol. The van der Waals surface area contributed by atoms with Gasteiger partial charge in [-0.15, -0.1) is 0 Å². The van der Waals surface area contributed by atoms with Gasteiger partial charge in [-0.3, -0.25) is 4.79 Å². The lowest BCUT2D eigenvalue weighted by Crippen LogP contribution is -2.33. The summed E-state index contributed by atoms with van der Waals surface area (Å²) in [5.41, 5.74) is 2.98. The van der Waals surface area contributed by atoms with Gasteiger partial charge < -0.3 is 20.1 Å². The van der Waals surface area contributed by atoms with Crippen LogP contribution >= 0.6 is 0 Å². The molecule has 0 heterocycles. The van der Waals surface area contributed by atoms with Crippen LogP contribution in [0, 0.1) is 5.82 Å². The zero-order valence-electron chi connectivity index (χ0n) is 21.7. The minimum atomic E-state index is -0.698. The van der Waals surface area contributed by atoms with E-state index in [2.05, 4.69) is 10.6 Å². The van der Waals surface area contributed by atoms with Gasteiger partial charge >= 0.3 is 5.97 Å². The van der Waals surface area contributed by atoms with Gasteiger partial charge in [-0.2, -0.15) is 0 Å². The Morgan fingerprint density at radius 2 is 1.49 bits per heavy atom. The molecule has 0 aliphatic carbocycles. The van der Waals surface area contributed by atoms with Crippen molar-refractivity contribution in [2.45, 2.75) is 18.9 Å². The predicted octanol–water partition coefficient (Wildman–Crippen LogP) is 6.13. The average molecular weight is 527 g/mol. The highest BCUT2D eigenvalue weighted by atomic mass is 19.1. The van der Waals surface area contributed by atoms with E-state index in [1.165, 1.54) is 13.2 Å². The summed E-state index contributed by atoms with van der Waals surface area (Å²) in [6, 6.07) is 29.5. The molecule has 7 heteroatoms. The number of anilines is 2. The Bertz CT molecular complexity index is 1380. The number of hydrogen-bond acceptors (Lipinski definition) is 6. The fraction of sp³-hybridized carbons (Fsp3) is 0.188. The van der Waals surface area contributed by atoms with Gasteiger partial charge in [0, 0.05) is 29.8 Å². The molecule has 0 amide bonds. The van der Waals surface area contributed by atoms with Crippen molar-refractivity contribution in [3.05, 3.63) is 126 Å². The van der Waals surface area contributed by atoms with E-state index in [9.17, 15) is 14.0 Å². The zero-order valence-corrected chi connectivity index (χ0v) is 21.7. The van der Waals surface area contributed by atoms with Crippen LogP contribution in [0.2, 0.25) is 0 Å². The lowest BCUT2D eigenvalue weighted by atomic mass is 10.00. The summed E-state index contributed by atoms with van der Waals surface area (Å²) >= 11 is 0. The van der Waals surface area contributed by atoms with Crippen molar-refractivity contribution < 1.29 is 23.5 Å². The lowest BCUT2D eigenvalue weighted by molar-refractivity contribution is -0.141. The maximum Gasteiger partial charge on any atom is 0.328 e. The van der Waals surface area contributed by atoms with E-state index in [0.29, 0.717) is 54.2 Å². The van der Waals surface area contributed by atoms with Gasteiger partial charge in [-0.1, -0.05) is 66.7 Å². The van der Waals surface area contributed by atoms with Crippen molar-refractivity contribution in [3.8, 4) is 5.75 Å². The number of methoxy groups -OCH3 is 1. The first kappa shape index (κ1) is 27.4. The summed E-state index contributed by atoms with van der Waals surface area (Å²) < 4.78 is 24.5. The molecule has 0 aromatic heterocycles. The van der Waals surface area contributed by atoms with E-state index in [-0.39, 0.29) is 11.6 Å². The van der Waals surface area contributed by atoms with Gasteiger partial charge in [0.05, 0.1) is 19.4 Å². The molecule has 1 unspecified atom stereocenters. The number of para-hydroxylation sites is 2. The molecule has 4 aromatic rings. The predicted molar refractivity (Wildman–Crippen MR) is 151 cm³/mol. The Morgan fingerprint density at radius 3 is 2.21 bits per heavy atom. The van der Waals surface area contributed by atoms with Gasteiger partial charge in [0.1, 0.15) is 17.6 Å². The number of esters is 1. The average Bonchev–Trinajstić information content (AvgIpc) is 2.98. The molecule has 0 radical (unpaired) electrons. The van der Waals surface area contributed by atoms with Crippen LogP contribution in [0.5, 0.6) is 5.75 Å². The molecule has 0 aliphatic rings. The third-order valence-electron chi connectivity index (χ3n) is 6.17. The Hall–Kier alpha value is -4.65. The van der Waals surface area contributed by atoms with Crippen molar-refractivity contribution >= 4 is 23.1 Å². The highest BCUT2D eigenvalue weighted by Crippen LogP contribution is 2.22. The second-order valence-corrected chi connectivity index (χ2v) is 8.92. The number of nitrogens with one attached hydrogen (secondary N) is 2. The second kappa shape index (κ2) is 13.8. The molecule has 0 spiro atoms. The van der Waals surface area contributed by atoms with Crippen LogP contribution in [-0.4, -0.2) is 38.1 Å². The Balaban J connectivity index is 1.34. The fourth-order valence-corrected chi connectivity index (χ4v) is 4.12. The minimum absolute atomic E-state index is 0.132. The molecule has 2 N–H and O–H groups in total. The summed E-state index contributed by atoms with van der Waals surface area (Å²) in [7, 11) is 1.34. The first-order valence-electron chi connectivity index (χ1n) is 12.8. The lowest BCUT2D eigenvalue weighted by Gasteiger charge is -2.20. The van der Waals surface area contributed by atoms with Crippen LogP contribution in [-0.2, 0) is 16.0 Å². The van der Waals surface area contributed by atoms with E-state index in [0.717, 1.165) is 5.56 Å². The van der Waals surface area contributed by atoms with Gasteiger partial charge in [-0.25, -0.2) is 9.18 Å². The summed E-state index contributed by atoms with van der Waals surface area (Å²) in [4.78, 5) is 25.7. The smallest absolute Gasteiger partial charge is 0.328 e. The van der Waals surface area contributed by atoms with E-state index >= 15 is 0 Å². The minimum Gasteiger partial charge on any atom is -0.494 e. The SMILES string of the molecule is COC(=O)C(Cc1ccc(OCCCNc2ccccc2F)cc1)Nc1ccccc1C(=O)c1ccccc1. The monoisotopic (exact) mass is 526 g/mol. The molecule has 39 heavy (non-hydrogen) atoms. The number of benzene rings is 4. The van der Waals surface area contributed by atoms with Gasteiger partial charge in [-0.05, 0) is 48.4 Å². The molecule has 0 aliphatic heterocycles. The fourth-order valence-electron chi connectivity index (χ4n) is 4.12. The van der Waals surface area contributed by atoms with Gasteiger partial charge in [0.25, 0.3) is 0 Å². The number of rotatable bonds is 13. The number of carbonyl (C=O) groups is 2. The summed E-state index contributed by atoms with van der Waals surface area (Å²) in [6.07, 6.45) is 1.05. The molecular formula is C32H31FN2O4. The summed E-state index contributed by atoms with van der Waals surface area (Å²) in [5, 5.41) is 6.28. The maximum atomic E-state index is 13.7. The van der Waals surface area contributed by atoms with Crippen LogP contribution in [0.1, 0.15) is 27.9 Å². The van der Waals surface area contributed by atoms with Crippen molar-refractivity contribution in [1.82, 2.24) is 0 Å². The summed E-state index contributed by atoms with van der Waals surface area (Å²) in [6.45, 7) is 1.05. The Labute approximate surface area is 227 Å². The number of ketones is 1. The topological polar surface area (TPSA) is 76.7 Å². The maximum absolute atomic E-state index is 13.7. The molecule has 0 saturated carbocycles.